The van der Waals surface area contributed by atoms with Crippen LogP contribution in [0.2, 0.25) is 0 Å². The van der Waals surface area contributed by atoms with Crippen molar-refractivity contribution in [1.29, 1.82) is 0 Å². The van der Waals surface area contributed by atoms with E-state index in [1.165, 1.54) is 11.1 Å². The minimum Gasteiger partial charge on any atom is -0.375 e. The van der Waals surface area contributed by atoms with Gasteiger partial charge in [-0.3, -0.25) is 4.68 Å². The fourth-order valence-corrected chi connectivity index (χ4v) is 2.97. The Morgan fingerprint density at radius 2 is 1.95 bits per heavy atom. The predicted molar refractivity (Wildman–Crippen MR) is 77.0 cm³/mol. The standard InChI is InChI=1S/C15H20N4/c1-9-15(10(2)19(3)18-9)17-14-8-13(16)11-6-4-5-7-12(11)14/h4-7,13-14,17H,8,16H2,1-3H3. The number of benzene rings is 1. The number of aryl methyl sites for hydroxylation is 2. The largest absolute Gasteiger partial charge is 0.375 e. The summed E-state index contributed by atoms with van der Waals surface area (Å²) in [5.74, 6) is 0. The molecular weight excluding hydrogens is 236 g/mol. The molecule has 0 bridgehead atoms. The van der Waals surface area contributed by atoms with E-state index in [0.29, 0.717) is 0 Å². The van der Waals surface area contributed by atoms with Crippen LogP contribution in [0.4, 0.5) is 5.69 Å². The van der Waals surface area contributed by atoms with Gasteiger partial charge in [-0.2, -0.15) is 5.10 Å². The van der Waals surface area contributed by atoms with Gasteiger partial charge in [0.2, 0.25) is 0 Å². The second kappa shape index (κ2) is 4.38. The Balaban J connectivity index is 1.93. The molecule has 4 heteroatoms. The van der Waals surface area contributed by atoms with E-state index in [1.54, 1.807) is 0 Å². The number of hydrogen-bond acceptors (Lipinski definition) is 3. The average Bonchev–Trinajstić information content (AvgIpc) is 2.83. The second-order valence-electron chi connectivity index (χ2n) is 5.34. The van der Waals surface area contributed by atoms with Crippen LogP contribution >= 0.6 is 0 Å². The smallest absolute Gasteiger partial charge is 0.0828 e. The molecule has 0 saturated heterocycles. The number of rotatable bonds is 2. The van der Waals surface area contributed by atoms with Gasteiger partial charge in [0.15, 0.2) is 0 Å². The van der Waals surface area contributed by atoms with Crippen LogP contribution in [0.15, 0.2) is 24.3 Å². The normalized spacial score (nSPS) is 21.5. The molecule has 1 aliphatic carbocycles. The van der Waals surface area contributed by atoms with Crippen molar-refractivity contribution in [2.75, 3.05) is 5.32 Å². The van der Waals surface area contributed by atoms with Gasteiger partial charge in [0.1, 0.15) is 0 Å². The number of nitrogens with zero attached hydrogens (tertiary/aromatic N) is 2. The molecule has 0 radical (unpaired) electrons. The van der Waals surface area contributed by atoms with Crippen LogP contribution in [0.25, 0.3) is 0 Å². The maximum Gasteiger partial charge on any atom is 0.0828 e. The van der Waals surface area contributed by atoms with Crippen molar-refractivity contribution in [2.45, 2.75) is 32.4 Å². The van der Waals surface area contributed by atoms with Crippen LogP contribution in [0.1, 0.15) is 41.0 Å². The monoisotopic (exact) mass is 256 g/mol. The Kier molecular flexibility index (Phi) is 2.82. The van der Waals surface area contributed by atoms with Gasteiger partial charge >= 0.3 is 0 Å². The summed E-state index contributed by atoms with van der Waals surface area (Å²) in [6.45, 7) is 4.12. The molecular formula is C15H20N4. The van der Waals surface area contributed by atoms with Gasteiger partial charge < -0.3 is 11.1 Å². The summed E-state index contributed by atoms with van der Waals surface area (Å²) in [6, 6.07) is 8.85. The molecule has 0 saturated carbocycles. The second-order valence-corrected chi connectivity index (χ2v) is 5.34. The summed E-state index contributed by atoms with van der Waals surface area (Å²) in [5.41, 5.74) is 12.1. The highest BCUT2D eigenvalue weighted by Gasteiger charge is 2.29. The van der Waals surface area contributed by atoms with Gasteiger partial charge in [0.05, 0.1) is 23.1 Å². The molecule has 100 valence electrons. The van der Waals surface area contributed by atoms with E-state index in [0.717, 1.165) is 23.5 Å². The molecule has 0 aliphatic heterocycles. The number of nitrogens with one attached hydrogen (secondary N) is 1. The molecule has 3 rings (SSSR count). The van der Waals surface area contributed by atoms with E-state index in [2.05, 4.69) is 41.6 Å². The number of nitrogens with two attached hydrogens (primary N) is 1. The highest BCUT2D eigenvalue weighted by molar-refractivity contribution is 5.55. The Morgan fingerprint density at radius 1 is 1.26 bits per heavy atom. The van der Waals surface area contributed by atoms with Crippen LogP contribution in [-0.4, -0.2) is 9.78 Å². The Morgan fingerprint density at radius 3 is 2.58 bits per heavy atom. The van der Waals surface area contributed by atoms with E-state index >= 15 is 0 Å². The zero-order valence-electron chi connectivity index (χ0n) is 11.6. The zero-order chi connectivity index (χ0) is 13.6. The maximum absolute atomic E-state index is 6.21. The van der Waals surface area contributed by atoms with Crippen molar-refractivity contribution < 1.29 is 0 Å². The predicted octanol–water partition coefficient (Wildman–Crippen LogP) is 2.59. The van der Waals surface area contributed by atoms with Crippen molar-refractivity contribution in [3.05, 3.63) is 46.8 Å². The molecule has 19 heavy (non-hydrogen) atoms. The van der Waals surface area contributed by atoms with Crippen LogP contribution in [-0.2, 0) is 7.05 Å². The molecule has 1 aromatic carbocycles. The summed E-state index contributed by atoms with van der Waals surface area (Å²) < 4.78 is 1.92. The number of fused-ring (bicyclic) bond motifs is 1. The Hall–Kier alpha value is -1.81. The summed E-state index contributed by atoms with van der Waals surface area (Å²) >= 11 is 0. The third-order valence-corrected chi connectivity index (χ3v) is 4.09. The first-order valence-corrected chi connectivity index (χ1v) is 6.69. The Bertz CT molecular complexity index is 615. The fraction of sp³-hybridized carbons (Fsp3) is 0.400. The van der Waals surface area contributed by atoms with Crippen LogP contribution in [0.5, 0.6) is 0 Å². The lowest BCUT2D eigenvalue weighted by molar-refractivity contribution is 0.647. The zero-order valence-corrected chi connectivity index (χ0v) is 11.6. The molecule has 0 fully saturated rings. The molecule has 2 unspecified atom stereocenters. The highest BCUT2D eigenvalue weighted by Crippen LogP contribution is 2.39. The third-order valence-electron chi connectivity index (χ3n) is 4.09. The van der Waals surface area contributed by atoms with Crippen molar-refractivity contribution in [2.24, 2.45) is 12.8 Å². The van der Waals surface area contributed by atoms with Gasteiger partial charge in [-0.15, -0.1) is 0 Å². The van der Waals surface area contributed by atoms with Crippen molar-refractivity contribution in [3.63, 3.8) is 0 Å². The van der Waals surface area contributed by atoms with Crippen LogP contribution in [0.3, 0.4) is 0 Å². The Labute approximate surface area is 113 Å². The number of aromatic nitrogens is 2. The molecule has 3 N–H and O–H groups in total. The quantitative estimate of drug-likeness (QED) is 0.868. The van der Waals surface area contributed by atoms with Gasteiger partial charge in [-0.1, -0.05) is 24.3 Å². The lowest BCUT2D eigenvalue weighted by atomic mass is 10.1. The van der Waals surface area contributed by atoms with E-state index in [1.807, 2.05) is 18.7 Å². The van der Waals surface area contributed by atoms with Gasteiger partial charge in [-0.05, 0) is 31.4 Å². The molecule has 0 amide bonds. The lowest BCUT2D eigenvalue weighted by Gasteiger charge is -2.16. The van der Waals surface area contributed by atoms with Gasteiger partial charge in [0.25, 0.3) is 0 Å². The summed E-state index contributed by atoms with van der Waals surface area (Å²) in [7, 11) is 1.97. The first-order chi connectivity index (χ1) is 9.08. The van der Waals surface area contributed by atoms with Crippen LogP contribution in [0, 0.1) is 13.8 Å². The summed E-state index contributed by atoms with van der Waals surface area (Å²) in [5, 5.41) is 8.07. The maximum atomic E-state index is 6.21. The minimum atomic E-state index is 0.131. The fourth-order valence-electron chi connectivity index (χ4n) is 2.97. The van der Waals surface area contributed by atoms with E-state index in [9.17, 15) is 0 Å². The molecule has 2 atom stereocenters. The molecule has 1 heterocycles. The SMILES string of the molecule is Cc1nn(C)c(C)c1NC1CC(N)c2ccccc21. The molecule has 4 nitrogen and oxygen atoms in total. The molecule has 0 spiro atoms. The van der Waals surface area contributed by atoms with Crippen LogP contribution < -0.4 is 11.1 Å². The van der Waals surface area contributed by atoms with Crippen molar-refractivity contribution in [3.8, 4) is 0 Å². The molecule has 1 aromatic heterocycles. The summed E-state index contributed by atoms with van der Waals surface area (Å²) in [4.78, 5) is 0. The highest BCUT2D eigenvalue weighted by atomic mass is 15.3. The van der Waals surface area contributed by atoms with E-state index in [-0.39, 0.29) is 12.1 Å². The number of anilines is 1. The first kappa shape index (κ1) is 12.2. The lowest BCUT2D eigenvalue weighted by Crippen LogP contribution is -2.11. The molecule has 1 aliphatic rings. The van der Waals surface area contributed by atoms with E-state index < -0.39 is 0 Å². The average molecular weight is 256 g/mol. The minimum absolute atomic E-state index is 0.131. The number of hydrogen-bond donors (Lipinski definition) is 2. The third kappa shape index (κ3) is 1.92. The van der Waals surface area contributed by atoms with Gasteiger partial charge in [0, 0.05) is 13.1 Å². The topological polar surface area (TPSA) is 55.9 Å². The molecule has 2 aromatic rings. The van der Waals surface area contributed by atoms with Crippen molar-refractivity contribution >= 4 is 5.69 Å². The first-order valence-electron chi connectivity index (χ1n) is 6.69. The van der Waals surface area contributed by atoms with E-state index in [4.69, 9.17) is 5.73 Å². The summed E-state index contributed by atoms with van der Waals surface area (Å²) in [6.07, 6.45) is 0.938. The van der Waals surface area contributed by atoms with Crippen molar-refractivity contribution in [1.82, 2.24) is 9.78 Å². The van der Waals surface area contributed by atoms with Gasteiger partial charge in [-0.25, -0.2) is 0 Å².